The van der Waals surface area contributed by atoms with Crippen LogP contribution in [0.4, 0.5) is 28.6 Å². The summed E-state index contributed by atoms with van der Waals surface area (Å²) in [4.78, 5) is 4.94. The lowest BCUT2D eigenvalue weighted by Gasteiger charge is -2.10. The molecule has 0 radical (unpaired) electrons. The summed E-state index contributed by atoms with van der Waals surface area (Å²) in [6, 6.07) is 5.25. The van der Waals surface area contributed by atoms with Gasteiger partial charge in [-0.3, -0.25) is 0 Å². The number of hydrogen-bond donors (Lipinski definition) is 0. The van der Waals surface area contributed by atoms with Gasteiger partial charge in [-0.2, -0.15) is 0 Å². The fraction of sp³-hybridized carbons (Fsp3) is 0.250. The Labute approximate surface area is 101 Å². The molecule has 0 atom stereocenters. The molecule has 1 rings (SSSR count). The van der Waals surface area contributed by atoms with E-state index in [1.165, 1.54) is 0 Å². The van der Waals surface area contributed by atoms with E-state index in [4.69, 9.17) is 17.0 Å². The molecule has 0 aliphatic heterocycles. The number of hydrogen-bond acceptors (Lipinski definition) is 2. The van der Waals surface area contributed by atoms with Gasteiger partial charge in [-0.15, -0.1) is 0 Å². The van der Waals surface area contributed by atoms with Crippen LogP contribution in [0.3, 0.4) is 0 Å². The molecule has 1 aromatic rings. The van der Waals surface area contributed by atoms with Crippen molar-refractivity contribution in [2.75, 3.05) is 19.0 Å². The Morgan fingerprint density at radius 2 is 1.71 bits per heavy atom. The maximum atomic E-state index is 9.75. The molecule has 0 fully saturated rings. The van der Waals surface area contributed by atoms with E-state index in [0.29, 0.717) is 10.7 Å². The van der Waals surface area contributed by atoms with Gasteiger partial charge in [0.15, 0.2) is 4.98 Å². The molecule has 0 bridgehead atoms. The summed E-state index contributed by atoms with van der Waals surface area (Å²) in [5, 5.41) is 8.92. The maximum Gasteiger partial charge on any atom is 0.673 e. The summed E-state index contributed by atoms with van der Waals surface area (Å²) < 4.78 is 39.0. The van der Waals surface area contributed by atoms with Gasteiger partial charge >= 0.3 is 12.9 Å². The smallest absolute Gasteiger partial charge is 0.418 e. The SMILES string of the molecule is CN(C)c1ccc([N+]#N)c(Cl)c1.F[B-](F)(F)F. The second kappa shape index (κ2) is 6.30. The average molecular weight is 269 g/mol. The molecule has 0 saturated carbocycles. The highest BCUT2D eigenvalue weighted by Crippen LogP contribution is 2.28. The second-order valence-corrected chi connectivity index (χ2v) is 3.53. The largest absolute Gasteiger partial charge is 0.673 e. The lowest BCUT2D eigenvalue weighted by molar-refractivity contribution is 0.368. The molecule has 1 aromatic carbocycles. The van der Waals surface area contributed by atoms with E-state index < -0.39 is 7.25 Å². The highest BCUT2D eigenvalue weighted by atomic mass is 35.5. The van der Waals surface area contributed by atoms with Crippen LogP contribution in [0.5, 0.6) is 0 Å². The van der Waals surface area contributed by atoms with Gasteiger partial charge < -0.3 is 22.2 Å². The Balaban J connectivity index is 0.000000437. The molecule has 0 unspecified atom stereocenters. The van der Waals surface area contributed by atoms with Crippen LogP contribution in [-0.2, 0) is 0 Å². The van der Waals surface area contributed by atoms with Crippen molar-refractivity contribution < 1.29 is 17.3 Å². The van der Waals surface area contributed by atoms with Crippen molar-refractivity contribution in [1.29, 1.82) is 5.39 Å². The van der Waals surface area contributed by atoms with Crippen LogP contribution in [0.2, 0.25) is 5.02 Å². The van der Waals surface area contributed by atoms with Gasteiger partial charge in [0.25, 0.3) is 0 Å². The predicted molar refractivity (Wildman–Crippen MR) is 60.7 cm³/mol. The monoisotopic (exact) mass is 269 g/mol. The standard InChI is InChI=1S/C8H9ClN3.BF4/c1-12(2)6-3-4-8(11-10)7(9)5-6;2-1(3,4)5/h3-5H,1-2H3;/q+1;-1. The van der Waals surface area contributed by atoms with Crippen LogP contribution in [0.25, 0.3) is 4.98 Å². The number of benzene rings is 1. The van der Waals surface area contributed by atoms with Crippen LogP contribution in [0, 0.1) is 5.39 Å². The minimum atomic E-state index is -6.00. The molecule has 9 heteroatoms. The van der Waals surface area contributed by atoms with Gasteiger partial charge in [0.1, 0.15) is 5.02 Å². The van der Waals surface area contributed by atoms with Crippen molar-refractivity contribution in [3.8, 4) is 0 Å². The summed E-state index contributed by atoms with van der Waals surface area (Å²) in [5.74, 6) is 0. The van der Waals surface area contributed by atoms with Crippen molar-refractivity contribution >= 4 is 30.2 Å². The number of rotatable bonds is 1. The topological polar surface area (TPSA) is 31.4 Å². The zero-order valence-corrected chi connectivity index (χ0v) is 9.80. The first-order valence-electron chi connectivity index (χ1n) is 4.34. The summed E-state index contributed by atoms with van der Waals surface area (Å²) in [7, 11) is -2.16. The van der Waals surface area contributed by atoms with Gasteiger partial charge in [0.05, 0.1) is 0 Å². The molecular weight excluding hydrogens is 260 g/mol. The van der Waals surface area contributed by atoms with E-state index >= 15 is 0 Å². The number of halogens is 5. The Morgan fingerprint density at radius 1 is 1.24 bits per heavy atom. The van der Waals surface area contributed by atoms with Gasteiger partial charge in [0, 0.05) is 25.8 Å². The quantitative estimate of drug-likeness (QED) is 0.435. The second-order valence-electron chi connectivity index (χ2n) is 3.13. The zero-order valence-electron chi connectivity index (χ0n) is 9.04. The number of anilines is 1. The lowest BCUT2D eigenvalue weighted by Crippen LogP contribution is -2.07. The minimum absolute atomic E-state index is 0.391. The predicted octanol–water partition coefficient (Wildman–Crippen LogP) is 4.19. The van der Waals surface area contributed by atoms with E-state index in [9.17, 15) is 17.3 Å². The van der Waals surface area contributed by atoms with Gasteiger partial charge in [0.2, 0.25) is 5.39 Å². The summed E-state index contributed by atoms with van der Waals surface area (Å²) >= 11 is 5.79. The maximum absolute atomic E-state index is 9.75. The van der Waals surface area contributed by atoms with Crippen molar-refractivity contribution in [3.63, 3.8) is 0 Å². The van der Waals surface area contributed by atoms with Crippen molar-refractivity contribution in [2.24, 2.45) is 0 Å². The molecule has 0 aromatic heterocycles. The normalized spacial score (nSPS) is 10.0. The fourth-order valence-electron chi connectivity index (χ4n) is 0.855. The van der Waals surface area contributed by atoms with Crippen molar-refractivity contribution in [2.45, 2.75) is 0 Å². The van der Waals surface area contributed by atoms with Gasteiger partial charge in [-0.25, -0.2) is 0 Å². The molecule has 0 amide bonds. The van der Waals surface area contributed by atoms with E-state index in [1.54, 1.807) is 12.1 Å². The molecule has 0 saturated heterocycles. The van der Waals surface area contributed by atoms with Gasteiger partial charge in [-0.1, -0.05) is 11.6 Å². The molecule has 0 heterocycles. The minimum Gasteiger partial charge on any atom is -0.418 e. The highest BCUT2D eigenvalue weighted by molar-refractivity contribution is 6.50. The van der Waals surface area contributed by atoms with Gasteiger partial charge in [-0.05, 0) is 12.1 Å². The number of nitrogens with zero attached hydrogens (tertiary/aromatic N) is 3. The first-order valence-corrected chi connectivity index (χ1v) is 4.72. The van der Waals surface area contributed by atoms with Crippen LogP contribution in [0.15, 0.2) is 18.2 Å². The van der Waals surface area contributed by atoms with Crippen molar-refractivity contribution in [3.05, 3.63) is 28.2 Å². The van der Waals surface area contributed by atoms with Crippen LogP contribution < -0.4 is 4.90 Å². The first kappa shape index (κ1) is 15.5. The lowest BCUT2D eigenvalue weighted by atomic mass is 10.3. The fourth-order valence-corrected chi connectivity index (χ4v) is 1.07. The molecule has 0 aliphatic carbocycles. The molecular formula is C8H9BClF4N3. The summed E-state index contributed by atoms with van der Waals surface area (Å²) in [6.07, 6.45) is 0. The third kappa shape index (κ3) is 7.41. The van der Waals surface area contributed by atoms with E-state index in [-0.39, 0.29) is 0 Å². The third-order valence-electron chi connectivity index (χ3n) is 1.56. The molecule has 0 aliphatic rings. The van der Waals surface area contributed by atoms with E-state index in [1.807, 2.05) is 25.1 Å². The van der Waals surface area contributed by atoms with E-state index in [0.717, 1.165) is 5.69 Å². The molecule has 3 nitrogen and oxygen atoms in total. The summed E-state index contributed by atoms with van der Waals surface area (Å²) in [5.41, 5.74) is 1.37. The van der Waals surface area contributed by atoms with Crippen LogP contribution in [-0.4, -0.2) is 21.3 Å². The molecule has 0 N–H and O–H groups in total. The molecule has 0 spiro atoms. The average Bonchev–Trinajstić information content (AvgIpc) is 2.14. The summed E-state index contributed by atoms with van der Waals surface area (Å²) in [6.45, 7) is 0. The highest BCUT2D eigenvalue weighted by Gasteiger charge is 2.20. The number of diazo groups is 1. The Morgan fingerprint density at radius 3 is 2.00 bits per heavy atom. The Hall–Kier alpha value is -1.49. The Kier molecular flexibility index (Phi) is 5.75. The molecule has 17 heavy (non-hydrogen) atoms. The zero-order chi connectivity index (χ0) is 13.6. The van der Waals surface area contributed by atoms with Crippen LogP contribution >= 0.6 is 11.6 Å². The third-order valence-corrected chi connectivity index (χ3v) is 1.86. The molecule has 94 valence electrons. The first-order chi connectivity index (χ1) is 7.65. The van der Waals surface area contributed by atoms with Crippen molar-refractivity contribution in [1.82, 2.24) is 0 Å². The van der Waals surface area contributed by atoms with E-state index in [2.05, 4.69) is 4.98 Å². The Bertz CT molecular complexity index is 410. The van der Waals surface area contributed by atoms with Crippen LogP contribution in [0.1, 0.15) is 0 Å².